The van der Waals surface area contributed by atoms with Gasteiger partial charge in [0.25, 0.3) is 5.91 Å². The van der Waals surface area contributed by atoms with Gasteiger partial charge in [0.1, 0.15) is 34.6 Å². The summed E-state index contributed by atoms with van der Waals surface area (Å²) in [6.07, 6.45) is -4.54. The van der Waals surface area contributed by atoms with Gasteiger partial charge in [0.05, 0.1) is 11.9 Å². The average Bonchev–Trinajstić information content (AvgIpc) is 3.20. The van der Waals surface area contributed by atoms with E-state index in [0.29, 0.717) is 6.07 Å². The van der Waals surface area contributed by atoms with E-state index in [2.05, 4.69) is 19.8 Å². The zero-order chi connectivity index (χ0) is 24.6. The molecule has 34 heavy (non-hydrogen) atoms. The Labute approximate surface area is 186 Å². The highest BCUT2D eigenvalue weighted by Crippen LogP contribution is 2.29. The maximum atomic E-state index is 14.8. The summed E-state index contributed by atoms with van der Waals surface area (Å²) in [5, 5.41) is 16.1. The first-order chi connectivity index (χ1) is 16.0. The number of nitrogens with zero attached hydrogens (tertiary/aromatic N) is 4. The lowest BCUT2D eigenvalue weighted by Gasteiger charge is -2.15. The number of aliphatic hydroxyl groups excluding tert-OH is 1. The quantitative estimate of drug-likeness (QED) is 0.374. The van der Waals surface area contributed by atoms with Gasteiger partial charge < -0.3 is 20.9 Å². The summed E-state index contributed by atoms with van der Waals surface area (Å²) in [4.78, 5) is 20.0. The Morgan fingerprint density at radius 2 is 1.91 bits per heavy atom. The number of nitrogens with one attached hydrogen (secondary N) is 1. The van der Waals surface area contributed by atoms with Gasteiger partial charge in [-0.1, -0.05) is 12.1 Å². The van der Waals surface area contributed by atoms with Gasteiger partial charge >= 0.3 is 6.36 Å². The van der Waals surface area contributed by atoms with Crippen LogP contribution in [0, 0.1) is 11.6 Å². The van der Waals surface area contributed by atoms with Crippen molar-refractivity contribution in [3.05, 3.63) is 66.1 Å². The molecule has 0 aliphatic carbocycles. The molecule has 4 aromatic rings. The normalized spacial score (nSPS) is 12.5. The highest BCUT2D eigenvalue weighted by atomic mass is 19.4. The number of benzene rings is 2. The monoisotopic (exact) mass is 480 g/mol. The minimum atomic E-state index is -4.98. The van der Waals surface area contributed by atoms with Gasteiger partial charge in [-0.05, 0) is 17.7 Å². The number of hydrogen-bond acceptors (Lipinski definition) is 7. The van der Waals surface area contributed by atoms with E-state index in [1.807, 2.05) is 5.32 Å². The minimum Gasteiger partial charge on any atom is -0.406 e. The fourth-order valence-electron chi connectivity index (χ4n) is 3.10. The second kappa shape index (κ2) is 8.55. The molecule has 0 aliphatic rings. The number of aliphatic hydroxyl groups is 1. The molecule has 1 amide bonds. The van der Waals surface area contributed by atoms with Crippen molar-refractivity contribution in [3.8, 4) is 11.4 Å². The van der Waals surface area contributed by atoms with Crippen LogP contribution in [-0.2, 0) is 4.79 Å². The zero-order valence-electron chi connectivity index (χ0n) is 16.7. The van der Waals surface area contributed by atoms with Gasteiger partial charge in [0, 0.05) is 12.1 Å². The van der Waals surface area contributed by atoms with Crippen LogP contribution in [0.3, 0.4) is 0 Å². The number of anilines is 2. The van der Waals surface area contributed by atoms with Crippen molar-refractivity contribution in [3.63, 3.8) is 0 Å². The van der Waals surface area contributed by atoms with Gasteiger partial charge in [0.2, 0.25) is 0 Å². The number of aromatic nitrogens is 4. The second-order valence-corrected chi connectivity index (χ2v) is 6.84. The van der Waals surface area contributed by atoms with Crippen LogP contribution >= 0.6 is 0 Å². The van der Waals surface area contributed by atoms with E-state index >= 15 is 0 Å². The number of amides is 1. The predicted octanol–water partition coefficient (Wildman–Crippen LogP) is 3.25. The number of ether oxygens (including phenoxy) is 1. The van der Waals surface area contributed by atoms with Gasteiger partial charge in [-0.15, -0.1) is 13.2 Å². The molecular formula is C20H13F5N6O3. The Hall–Kier alpha value is -4.33. The molecule has 9 nitrogen and oxygen atoms in total. The van der Waals surface area contributed by atoms with Crippen LogP contribution in [0.1, 0.15) is 11.7 Å². The van der Waals surface area contributed by atoms with Crippen molar-refractivity contribution in [2.45, 2.75) is 12.5 Å². The third-order valence-electron chi connectivity index (χ3n) is 4.56. The van der Waals surface area contributed by atoms with Crippen molar-refractivity contribution < 1.29 is 36.6 Å². The van der Waals surface area contributed by atoms with Crippen LogP contribution in [0.4, 0.5) is 33.5 Å². The molecule has 2 heterocycles. The summed E-state index contributed by atoms with van der Waals surface area (Å²) in [5.41, 5.74) is 4.93. The highest BCUT2D eigenvalue weighted by Gasteiger charge is 2.31. The molecule has 0 saturated carbocycles. The number of nitrogen functional groups attached to an aromatic ring is 1. The Morgan fingerprint density at radius 3 is 2.65 bits per heavy atom. The second-order valence-electron chi connectivity index (χ2n) is 6.84. The SMILES string of the molecule is Nc1ncnc2cnn(-c3cc(F)c(NC(=O)C(O)c4cccc(OC(F)(F)F)c4)cc3F)c12. The molecule has 2 aromatic carbocycles. The van der Waals surface area contributed by atoms with Crippen molar-refractivity contribution >= 4 is 28.4 Å². The molecule has 4 N–H and O–H groups in total. The topological polar surface area (TPSA) is 128 Å². The van der Waals surface area contributed by atoms with Crippen molar-refractivity contribution in [1.29, 1.82) is 0 Å². The van der Waals surface area contributed by atoms with Gasteiger partial charge in [0.15, 0.2) is 17.7 Å². The molecule has 0 spiro atoms. The Bertz CT molecular complexity index is 1390. The van der Waals surface area contributed by atoms with E-state index in [4.69, 9.17) is 5.73 Å². The predicted molar refractivity (Wildman–Crippen MR) is 108 cm³/mol. The number of alkyl halides is 3. The summed E-state index contributed by atoms with van der Waals surface area (Å²) in [6, 6.07) is 5.40. The number of hydrogen-bond donors (Lipinski definition) is 3. The third kappa shape index (κ3) is 4.56. The van der Waals surface area contributed by atoms with Crippen LogP contribution < -0.4 is 15.8 Å². The average molecular weight is 480 g/mol. The summed E-state index contributed by atoms with van der Waals surface area (Å²) < 4.78 is 71.3. The summed E-state index contributed by atoms with van der Waals surface area (Å²) in [5.74, 6) is -4.03. The van der Waals surface area contributed by atoms with Crippen LogP contribution in [0.15, 0.2) is 48.9 Å². The third-order valence-corrected chi connectivity index (χ3v) is 4.56. The molecule has 0 bridgehead atoms. The van der Waals surface area contributed by atoms with Gasteiger partial charge in [-0.25, -0.2) is 23.4 Å². The number of carbonyl (C=O) groups excluding carboxylic acids is 1. The lowest BCUT2D eigenvalue weighted by molar-refractivity contribution is -0.274. The largest absolute Gasteiger partial charge is 0.573 e. The molecule has 0 aliphatic heterocycles. The number of carbonyl (C=O) groups is 1. The van der Waals surface area contributed by atoms with Crippen LogP contribution in [0.2, 0.25) is 0 Å². The molecule has 0 radical (unpaired) electrons. The van der Waals surface area contributed by atoms with Crippen LogP contribution in [-0.4, -0.2) is 37.1 Å². The molecular weight excluding hydrogens is 467 g/mol. The zero-order valence-corrected chi connectivity index (χ0v) is 16.7. The van der Waals surface area contributed by atoms with Gasteiger partial charge in [-0.3, -0.25) is 4.79 Å². The highest BCUT2D eigenvalue weighted by molar-refractivity contribution is 5.95. The summed E-state index contributed by atoms with van der Waals surface area (Å²) in [7, 11) is 0. The van der Waals surface area contributed by atoms with Crippen molar-refractivity contribution in [1.82, 2.24) is 19.7 Å². The number of rotatable bonds is 5. The first-order valence-corrected chi connectivity index (χ1v) is 9.32. The maximum Gasteiger partial charge on any atom is 0.573 e. The van der Waals surface area contributed by atoms with Gasteiger partial charge in [-0.2, -0.15) is 5.10 Å². The Balaban J connectivity index is 1.58. The summed E-state index contributed by atoms with van der Waals surface area (Å²) >= 11 is 0. The van der Waals surface area contributed by atoms with Crippen LogP contribution in [0.25, 0.3) is 16.7 Å². The number of fused-ring (bicyclic) bond motifs is 1. The molecule has 0 saturated heterocycles. The maximum absolute atomic E-state index is 14.8. The number of nitrogens with two attached hydrogens (primary N) is 1. The molecule has 176 valence electrons. The van der Waals surface area contributed by atoms with E-state index < -0.39 is 41.4 Å². The first kappa shape index (κ1) is 22.8. The van der Waals surface area contributed by atoms with E-state index in [1.165, 1.54) is 12.5 Å². The van der Waals surface area contributed by atoms with E-state index in [1.54, 1.807) is 0 Å². The molecule has 1 unspecified atom stereocenters. The smallest absolute Gasteiger partial charge is 0.406 e. The van der Waals surface area contributed by atoms with Crippen molar-refractivity contribution in [2.75, 3.05) is 11.1 Å². The lowest BCUT2D eigenvalue weighted by atomic mass is 10.1. The molecule has 4 rings (SSSR count). The molecule has 14 heteroatoms. The molecule has 2 aromatic heterocycles. The van der Waals surface area contributed by atoms with Crippen molar-refractivity contribution in [2.24, 2.45) is 0 Å². The molecule has 1 atom stereocenters. The number of halogens is 5. The first-order valence-electron chi connectivity index (χ1n) is 9.32. The Kier molecular flexibility index (Phi) is 5.75. The van der Waals surface area contributed by atoms with E-state index in [9.17, 15) is 31.9 Å². The lowest BCUT2D eigenvalue weighted by Crippen LogP contribution is -2.22. The standard InChI is InChI=1S/C20H13F5N6O3/c21-11-6-15(31-16-14(7-29-31)27-8-28-18(16)26)12(22)5-13(11)30-19(33)17(32)9-2-1-3-10(4-9)34-20(23,24)25/h1-8,17,32H,(H,30,33)(H2,26,27,28). The fraction of sp³-hybridized carbons (Fsp3) is 0.100. The summed E-state index contributed by atoms with van der Waals surface area (Å²) in [6.45, 7) is 0. The van der Waals surface area contributed by atoms with Crippen LogP contribution in [0.5, 0.6) is 5.75 Å². The minimum absolute atomic E-state index is 0.0282. The van der Waals surface area contributed by atoms with E-state index in [-0.39, 0.29) is 28.1 Å². The molecule has 0 fully saturated rings. The van der Waals surface area contributed by atoms with E-state index in [0.717, 1.165) is 35.0 Å². The Morgan fingerprint density at radius 1 is 1.15 bits per heavy atom. The fourth-order valence-corrected chi connectivity index (χ4v) is 3.10.